The summed E-state index contributed by atoms with van der Waals surface area (Å²) in [6, 6.07) is 6.08. The van der Waals surface area contributed by atoms with Gasteiger partial charge in [0.2, 0.25) is 0 Å². The van der Waals surface area contributed by atoms with Crippen molar-refractivity contribution in [3.63, 3.8) is 0 Å². The van der Waals surface area contributed by atoms with Crippen LogP contribution in [-0.2, 0) is 4.79 Å². The number of hydroxylamine groups is 1. The Morgan fingerprint density at radius 2 is 2.08 bits per heavy atom. The fourth-order valence-corrected chi connectivity index (χ4v) is 0.702. The second kappa shape index (κ2) is 4.35. The molecule has 0 saturated heterocycles. The maximum atomic E-state index is 10.8. The van der Waals surface area contributed by atoms with Crippen molar-refractivity contribution in [2.45, 2.75) is 13.3 Å². The summed E-state index contributed by atoms with van der Waals surface area (Å²) in [5.41, 5.74) is 2.25. The first-order chi connectivity index (χ1) is 6.22. The van der Waals surface area contributed by atoms with Gasteiger partial charge in [-0.05, 0) is 24.3 Å². The smallest absolute Gasteiger partial charge is 0.252 e. The minimum Gasteiger partial charge on any atom is -0.508 e. The topological polar surface area (TPSA) is 58.6 Å². The first-order valence-corrected chi connectivity index (χ1v) is 3.97. The predicted molar refractivity (Wildman–Crippen MR) is 47.2 cm³/mol. The van der Waals surface area contributed by atoms with Crippen molar-refractivity contribution < 1.29 is 14.7 Å². The van der Waals surface area contributed by atoms with E-state index in [0.29, 0.717) is 12.2 Å². The fraction of sp³-hybridized carbons (Fsp3) is 0.222. The van der Waals surface area contributed by atoms with Crippen LogP contribution in [0.4, 0.5) is 0 Å². The highest BCUT2D eigenvalue weighted by Gasteiger charge is 1.97. The van der Waals surface area contributed by atoms with E-state index in [9.17, 15) is 4.79 Å². The van der Waals surface area contributed by atoms with E-state index in [0.717, 1.165) is 0 Å². The number of rotatable bonds is 3. The number of carbonyl (C=O) groups excluding carboxylic acids is 1. The van der Waals surface area contributed by atoms with E-state index in [1.54, 1.807) is 19.1 Å². The summed E-state index contributed by atoms with van der Waals surface area (Å²) in [7, 11) is 0. The number of benzene rings is 1. The lowest BCUT2D eigenvalue weighted by Crippen LogP contribution is -2.25. The molecule has 70 valence electrons. The molecule has 0 radical (unpaired) electrons. The van der Waals surface area contributed by atoms with Crippen LogP contribution in [0.1, 0.15) is 13.3 Å². The molecule has 1 aromatic rings. The van der Waals surface area contributed by atoms with Gasteiger partial charge in [-0.2, -0.15) is 5.48 Å². The normalized spacial score (nSPS) is 9.31. The minimum atomic E-state index is -0.187. The molecule has 0 aliphatic rings. The summed E-state index contributed by atoms with van der Waals surface area (Å²) in [5, 5.41) is 8.94. The number of phenols is 1. The van der Waals surface area contributed by atoms with Crippen molar-refractivity contribution >= 4 is 5.91 Å². The Bertz CT molecular complexity index is 281. The first kappa shape index (κ1) is 9.38. The summed E-state index contributed by atoms with van der Waals surface area (Å²) < 4.78 is 0. The van der Waals surface area contributed by atoms with E-state index in [2.05, 4.69) is 5.48 Å². The average Bonchev–Trinajstić information content (AvgIpc) is 2.16. The summed E-state index contributed by atoms with van der Waals surface area (Å²) in [6.45, 7) is 1.73. The third-order valence-corrected chi connectivity index (χ3v) is 1.44. The Labute approximate surface area is 76.1 Å². The van der Waals surface area contributed by atoms with Crippen LogP contribution in [0.25, 0.3) is 0 Å². The van der Waals surface area contributed by atoms with Gasteiger partial charge < -0.3 is 9.94 Å². The summed E-state index contributed by atoms with van der Waals surface area (Å²) in [4.78, 5) is 15.7. The largest absolute Gasteiger partial charge is 0.508 e. The molecule has 0 aliphatic carbocycles. The van der Waals surface area contributed by atoms with E-state index in [-0.39, 0.29) is 11.7 Å². The van der Waals surface area contributed by atoms with Crippen molar-refractivity contribution in [3.8, 4) is 11.5 Å². The van der Waals surface area contributed by atoms with Crippen LogP contribution in [0.2, 0.25) is 0 Å². The Morgan fingerprint density at radius 1 is 1.46 bits per heavy atom. The number of aromatic hydroxyl groups is 1. The maximum absolute atomic E-state index is 10.8. The molecule has 1 amide bonds. The van der Waals surface area contributed by atoms with E-state index in [4.69, 9.17) is 9.94 Å². The van der Waals surface area contributed by atoms with Gasteiger partial charge in [0.25, 0.3) is 5.91 Å². The van der Waals surface area contributed by atoms with Gasteiger partial charge in [-0.15, -0.1) is 0 Å². The molecular formula is C9H11NO3. The predicted octanol–water partition coefficient (Wildman–Crippen LogP) is 1.21. The molecule has 1 aromatic carbocycles. The number of nitrogens with one attached hydrogen (secondary N) is 1. The minimum absolute atomic E-state index is 0.161. The Balaban J connectivity index is 2.46. The SMILES string of the molecule is CCC(=O)NOc1ccc(O)cc1. The Hall–Kier alpha value is -1.71. The zero-order chi connectivity index (χ0) is 9.68. The molecule has 0 saturated carbocycles. The molecular weight excluding hydrogens is 170 g/mol. The zero-order valence-electron chi connectivity index (χ0n) is 7.28. The molecule has 0 heterocycles. The lowest BCUT2D eigenvalue weighted by Gasteiger charge is -2.04. The zero-order valence-corrected chi connectivity index (χ0v) is 7.28. The van der Waals surface area contributed by atoms with Crippen LogP contribution < -0.4 is 10.3 Å². The fourth-order valence-electron chi connectivity index (χ4n) is 0.702. The summed E-state index contributed by atoms with van der Waals surface area (Å²) in [6.07, 6.45) is 0.373. The lowest BCUT2D eigenvalue weighted by molar-refractivity contribution is -0.127. The molecule has 0 unspecified atom stereocenters. The van der Waals surface area contributed by atoms with E-state index >= 15 is 0 Å². The molecule has 4 nitrogen and oxygen atoms in total. The van der Waals surface area contributed by atoms with Gasteiger partial charge >= 0.3 is 0 Å². The molecule has 0 aliphatic heterocycles. The molecule has 0 bridgehead atoms. The average molecular weight is 181 g/mol. The monoisotopic (exact) mass is 181 g/mol. The number of hydrogen-bond donors (Lipinski definition) is 2. The highest BCUT2D eigenvalue weighted by molar-refractivity contribution is 5.74. The highest BCUT2D eigenvalue weighted by Crippen LogP contribution is 2.14. The van der Waals surface area contributed by atoms with Crippen LogP contribution in [-0.4, -0.2) is 11.0 Å². The molecule has 13 heavy (non-hydrogen) atoms. The van der Waals surface area contributed by atoms with Crippen molar-refractivity contribution in [3.05, 3.63) is 24.3 Å². The van der Waals surface area contributed by atoms with E-state index in [1.807, 2.05) is 0 Å². The summed E-state index contributed by atoms with van der Waals surface area (Å²) >= 11 is 0. The first-order valence-electron chi connectivity index (χ1n) is 3.97. The van der Waals surface area contributed by atoms with Gasteiger partial charge in [0.1, 0.15) is 5.75 Å². The third-order valence-electron chi connectivity index (χ3n) is 1.44. The van der Waals surface area contributed by atoms with Gasteiger partial charge in [0, 0.05) is 6.42 Å². The van der Waals surface area contributed by atoms with Crippen molar-refractivity contribution in [2.75, 3.05) is 0 Å². The van der Waals surface area contributed by atoms with Gasteiger partial charge in [-0.25, -0.2) is 0 Å². The molecule has 0 fully saturated rings. The van der Waals surface area contributed by atoms with E-state index in [1.165, 1.54) is 12.1 Å². The van der Waals surface area contributed by atoms with Crippen LogP contribution in [0, 0.1) is 0 Å². The van der Waals surface area contributed by atoms with Crippen molar-refractivity contribution in [1.29, 1.82) is 0 Å². The van der Waals surface area contributed by atoms with Crippen LogP contribution in [0.5, 0.6) is 11.5 Å². The van der Waals surface area contributed by atoms with E-state index < -0.39 is 0 Å². The molecule has 0 spiro atoms. The molecule has 1 rings (SSSR count). The number of amides is 1. The van der Waals surface area contributed by atoms with Gasteiger partial charge in [0.05, 0.1) is 0 Å². The van der Waals surface area contributed by atoms with Gasteiger partial charge in [-0.1, -0.05) is 6.92 Å². The van der Waals surface area contributed by atoms with Crippen molar-refractivity contribution in [1.82, 2.24) is 5.48 Å². The molecule has 4 heteroatoms. The number of carbonyl (C=O) groups is 1. The second-order valence-electron chi connectivity index (χ2n) is 2.47. The van der Waals surface area contributed by atoms with Crippen molar-refractivity contribution in [2.24, 2.45) is 0 Å². The lowest BCUT2D eigenvalue weighted by atomic mass is 10.3. The molecule has 0 aromatic heterocycles. The number of phenolic OH excluding ortho intramolecular Hbond substituents is 1. The van der Waals surface area contributed by atoms with Crippen LogP contribution in [0.3, 0.4) is 0 Å². The van der Waals surface area contributed by atoms with Gasteiger partial charge in [0.15, 0.2) is 5.75 Å². The Morgan fingerprint density at radius 3 is 2.62 bits per heavy atom. The third kappa shape index (κ3) is 3.02. The Kier molecular flexibility index (Phi) is 3.14. The quantitative estimate of drug-likeness (QED) is 0.689. The maximum Gasteiger partial charge on any atom is 0.252 e. The second-order valence-corrected chi connectivity index (χ2v) is 2.47. The highest BCUT2D eigenvalue weighted by atomic mass is 16.7. The standard InChI is InChI=1S/C9H11NO3/c1-2-9(12)10-13-8-5-3-7(11)4-6-8/h3-6,11H,2H2,1H3,(H,10,12). The molecule has 2 N–H and O–H groups in total. The van der Waals surface area contributed by atoms with Gasteiger partial charge in [-0.3, -0.25) is 4.79 Å². The number of hydrogen-bond acceptors (Lipinski definition) is 3. The van der Waals surface area contributed by atoms with Crippen LogP contribution in [0.15, 0.2) is 24.3 Å². The van der Waals surface area contributed by atoms with Crippen LogP contribution >= 0.6 is 0 Å². The molecule has 0 atom stereocenters. The summed E-state index contributed by atoms with van der Waals surface area (Å²) in [5.74, 6) is 0.460.